The first-order chi connectivity index (χ1) is 9.65. The van der Waals surface area contributed by atoms with E-state index in [0.717, 1.165) is 28.8 Å². The number of halogens is 1. The van der Waals surface area contributed by atoms with Crippen LogP contribution in [-0.2, 0) is 0 Å². The van der Waals surface area contributed by atoms with Crippen molar-refractivity contribution in [3.05, 3.63) is 28.2 Å². The Morgan fingerprint density at radius 3 is 2.40 bits per heavy atom. The fourth-order valence-electron chi connectivity index (χ4n) is 2.25. The van der Waals surface area contributed by atoms with Gasteiger partial charge in [-0.25, -0.2) is 0 Å². The molecule has 0 saturated carbocycles. The van der Waals surface area contributed by atoms with E-state index in [1.54, 1.807) is 0 Å². The van der Waals surface area contributed by atoms with Crippen LogP contribution in [-0.4, -0.2) is 6.61 Å². The molecule has 0 aromatic heterocycles. The first-order valence-corrected chi connectivity index (χ1v) is 8.62. The molecule has 1 aromatic carbocycles. The molecule has 0 aliphatic heterocycles. The van der Waals surface area contributed by atoms with Crippen LogP contribution in [0.5, 0.6) is 5.75 Å². The summed E-state index contributed by atoms with van der Waals surface area (Å²) in [5.74, 6) is 0.925. The number of benzene rings is 1. The van der Waals surface area contributed by atoms with Crippen LogP contribution in [0.15, 0.2) is 22.7 Å². The van der Waals surface area contributed by atoms with E-state index in [2.05, 4.69) is 22.9 Å². The molecule has 0 aliphatic carbocycles. The Morgan fingerprint density at radius 2 is 1.75 bits per heavy atom. The molecule has 0 amide bonds. The van der Waals surface area contributed by atoms with Gasteiger partial charge in [0, 0.05) is 16.1 Å². The lowest BCUT2D eigenvalue weighted by atomic mass is 10.1. The average molecular weight is 342 g/mol. The Bertz CT molecular complexity index is 379. The summed E-state index contributed by atoms with van der Waals surface area (Å²) in [5, 5.41) is 0. The molecule has 1 unspecified atom stereocenters. The normalized spacial score (nSPS) is 12.4. The lowest BCUT2D eigenvalue weighted by Gasteiger charge is -2.14. The van der Waals surface area contributed by atoms with Crippen molar-refractivity contribution in [1.82, 2.24) is 0 Å². The molecule has 0 fully saturated rings. The molecule has 0 aliphatic rings. The maximum Gasteiger partial charge on any atom is 0.124 e. The van der Waals surface area contributed by atoms with Gasteiger partial charge in [0.25, 0.3) is 0 Å². The number of hydrogen-bond acceptors (Lipinski definition) is 2. The molecule has 3 heteroatoms. The van der Waals surface area contributed by atoms with Crippen LogP contribution in [0.4, 0.5) is 0 Å². The largest absolute Gasteiger partial charge is 0.493 e. The fraction of sp³-hybridized carbons (Fsp3) is 0.647. The monoisotopic (exact) mass is 341 g/mol. The second-order valence-corrected chi connectivity index (χ2v) is 6.36. The third kappa shape index (κ3) is 6.76. The highest BCUT2D eigenvalue weighted by Gasteiger charge is 2.08. The number of nitrogens with two attached hydrogens (primary N) is 1. The highest BCUT2D eigenvalue weighted by atomic mass is 79.9. The Hall–Kier alpha value is -0.540. The number of rotatable bonds is 10. The molecular weight excluding hydrogens is 314 g/mol. The third-order valence-electron chi connectivity index (χ3n) is 3.47. The molecule has 0 saturated heterocycles. The van der Waals surface area contributed by atoms with E-state index < -0.39 is 0 Å². The first-order valence-electron chi connectivity index (χ1n) is 7.83. The lowest BCUT2D eigenvalue weighted by Crippen LogP contribution is -2.08. The molecule has 1 aromatic rings. The molecule has 1 rings (SSSR count). The number of unbranched alkanes of at least 4 members (excludes halogenated alkanes) is 6. The molecule has 20 heavy (non-hydrogen) atoms. The van der Waals surface area contributed by atoms with Crippen molar-refractivity contribution in [3.63, 3.8) is 0 Å². The van der Waals surface area contributed by atoms with Crippen molar-refractivity contribution in [2.24, 2.45) is 5.73 Å². The Balaban J connectivity index is 2.25. The summed E-state index contributed by atoms with van der Waals surface area (Å²) in [6.45, 7) is 5.03. The zero-order valence-electron chi connectivity index (χ0n) is 12.8. The van der Waals surface area contributed by atoms with Crippen LogP contribution in [0.25, 0.3) is 0 Å². The lowest BCUT2D eigenvalue weighted by molar-refractivity contribution is 0.300. The molecule has 0 spiro atoms. The topological polar surface area (TPSA) is 35.2 Å². The molecule has 2 nitrogen and oxygen atoms in total. The van der Waals surface area contributed by atoms with E-state index in [-0.39, 0.29) is 6.04 Å². The highest BCUT2D eigenvalue weighted by Crippen LogP contribution is 2.27. The second-order valence-electron chi connectivity index (χ2n) is 5.44. The molecule has 0 heterocycles. The van der Waals surface area contributed by atoms with E-state index in [1.807, 2.05) is 25.1 Å². The third-order valence-corrected chi connectivity index (χ3v) is 3.96. The molecule has 0 radical (unpaired) electrons. The maximum atomic E-state index is 5.98. The Labute approximate surface area is 132 Å². The van der Waals surface area contributed by atoms with Crippen molar-refractivity contribution in [1.29, 1.82) is 0 Å². The van der Waals surface area contributed by atoms with Gasteiger partial charge >= 0.3 is 0 Å². The molecular formula is C17H28BrNO. The minimum Gasteiger partial charge on any atom is -0.493 e. The SMILES string of the molecule is CCCCCCCCCOc1ccc(Br)cc1C(C)N. The van der Waals surface area contributed by atoms with E-state index >= 15 is 0 Å². The predicted molar refractivity (Wildman–Crippen MR) is 90.2 cm³/mol. The van der Waals surface area contributed by atoms with Gasteiger partial charge in [0.1, 0.15) is 5.75 Å². The van der Waals surface area contributed by atoms with Crippen molar-refractivity contribution in [2.75, 3.05) is 6.61 Å². The molecule has 114 valence electrons. The van der Waals surface area contributed by atoms with E-state index in [4.69, 9.17) is 10.5 Å². The summed E-state index contributed by atoms with van der Waals surface area (Å²) in [6, 6.07) is 6.05. The standard InChI is InChI=1S/C17H28BrNO/c1-3-4-5-6-7-8-9-12-20-17-11-10-15(18)13-16(17)14(2)19/h10-11,13-14H,3-9,12,19H2,1-2H3. The maximum absolute atomic E-state index is 5.98. The van der Waals surface area contributed by atoms with E-state index in [9.17, 15) is 0 Å². The van der Waals surface area contributed by atoms with Crippen molar-refractivity contribution >= 4 is 15.9 Å². The Kier molecular flexibility index (Phi) is 8.95. The van der Waals surface area contributed by atoms with E-state index in [1.165, 1.54) is 38.5 Å². The summed E-state index contributed by atoms with van der Waals surface area (Å²) in [7, 11) is 0. The van der Waals surface area contributed by atoms with Gasteiger partial charge < -0.3 is 10.5 Å². The quantitative estimate of drug-likeness (QED) is 0.562. The summed E-state index contributed by atoms with van der Waals surface area (Å²) in [6.07, 6.45) is 9.12. The molecule has 2 N–H and O–H groups in total. The van der Waals surface area contributed by atoms with Crippen molar-refractivity contribution < 1.29 is 4.74 Å². The van der Waals surface area contributed by atoms with Crippen molar-refractivity contribution in [3.8, 4) is 5.75 Å². The fourth-order valence-corrected chi connectivity index (χ4v) is 2.63. The number of hydrogen-bond donors (Lipinski definition) is 1. The van der Waals surface area contributed by atoms with E-state index in [0.29, 0.717) is 0 Å². The van der Waals surface area contributed by atoms with Gasteiger partial charge in [-0.1, -0.05) is 61.4 Å². The van der Waals surface area contributed by atoms with Gasteiger partial charge in [-0.2, -0.15) is 0 Å². The number of ether oxygens (including phenoxy) is 1. The average Bonchev–Trinajstić information content (AvgIpc) is 2.43. The van der Waals surface area contributed by atoms with Crippen LogP contribution < -0.4 is 10.5 Å². The zero-order chi connectivity index (χ0) is 14.8. The molecule has 1 atom stereocenters. The smallest absolute Gasteiger partial charge is 0.124 e. The minimum atomic E-state index is -0.00320. The summed E-state index contributed by atoms with van der Waals surface area (Å²) in [4.78, 5) is 0. The van der Waals surface area contributed by atoms with Crippen LogP contribution in [0.2, 0.25) is 0 Å². The van der Waals surface area contributed by atoms with Gasteiger partial charge in [-0.15, -0.1) is 0 Å². The minimum absolute atomic E-state index is 0.00320. The summed E-state index contributed by atoms with van der Waals surface area (Å²) < 4.78 is 6.93. The summed E-state index contributed by atoms with van der Waals surface area (Å²) >= 11 is 3.48. The van der Waals surface area contributed by atoms with Crippen molar-refractivity contribution in [2.45, 2.75) is 64.8 Å². The highest BCUT2D eigenvalue weighted by molar-refractivity contribution is 9.10. The van der Waals surface area contributed by atoms with Crippen LogP contribution >= 0.6 is 15.9 Å². The Morgan fingerprint density at radius 1 is 1.10 bits per heavy atom. The van der Waals surface area contributed by atoms with Gasteiger partial charge in [-0.05, 0) is 31.5 Å². The predicted octanol–water partition coefficient (Wildman–Crippen LogP) is 5.60. The zero-order valence-corrected chi connectivity index (χ0v) is 14.4. The second kappa shape index (κ2) is 10.2. The van der Waals surface area contributed by atoms with Crippen LogP contribution in [0.1, 0.15) is 70.4 Å². The van der Waals surface area contributed by atoms with Gasteiger partial charge in [0.15, 0.2) is 0 Å². The first kappa shape index (κ1) is 17.5. The van der Waals surface area contributed by atoms with Crippen LogP contribution in [0, 0.1) is 0 Å². The van der Waals surface area contributed by atoms with Gasteiger partial charge in [-0.3, -0.25) is 0 Å². The van der Waals surface area contributed by atoms with Gasteiger partial charge in [0.05, 0.1) is 6.61 Å². The van der Waals surface area contributed by atoms with Gasteiger partial charge in [0.2, 0.25) is 0 Å². The van der Waals surface area contributed by atoms with Crippen LogP contribution in [0.3, 0.4) is 0 Å². The summed E-state index contributed by atoms with van der Waals surface area (Å²) in [5.41, 5.74) is 7.05. The molecule has 0 bridgehead atoms.